The number of benzene rings is 1. The van der Waals surface area contributed by atoms with Crippen LogP contribution in [0.4, 0.5) is 4.39 Å². The Labute approximate surface area is 120 Å². The summed E-state index contributed by atoms with van der Waals surface area (Å²) in [5.74, 6) is -0.215. The van der Waals surface area contributed by atoms with Crippen molar-refractivity contribution in [1.82, 2.24) is 5.32 Å². The van der Waals surface area contributed by atoms with Gasteiger partial charge < -0.3 is 14.8 Å². The Morgan fingerprint density at radius 2 is 2.20 bits per heavy atom. The van der Waals surface area contributed by atoms with Gasteiger partial charge in [0.15, 0.2) is 0 Å². The Kier molecular flexibility index (Phi) is 6.43. The quantitative estimate of drug-likeness (QED) is 0.743. The van der Waals surface area contributed by atoms with E-state index in [0.29, 0.717) is 6.61 Å². The molecule has 4 heteroatoms. The lowest BCUT2D eigenvalue weighted by atomic mass is 10.1. The third-order valence-electron chi connectivity index (χ3n) is 3.51. The summed E-state index contributed by atoms with van der Waals surface area (Å²) in [6.07, 6.45) is 3.43. The van der Waals surface area contributed by atoms with Crippen LogP contribution in [0.5, 0.6) is 0 Å². The molecule has 0 bridgehead atoms. The molecule has 0 amide bonds. The molecule has 2 unspecified atom stereocenters. The molecular formula is C16H24FNO2. The SMILES string of the molecule is CCCNCC(OCC1CCCO1)c1ccc(F)cc1. The van der Waals surface area contributed by atoms with E-state index in [1.807, 2.05) is 0 Å². The maximum atomic E-state index is 13.0. The molecule has 1 fully saturated rings. The maximum Gasteiger partial charge on any atom is 0.123 e. The molecule has 2 atom stereocenters. The topological polar surface area (TPSA) is 30.5 Å². The zero-order valence-electron chi connectivity index (χ0n) is 12.1. The lowest BCUT2D eigenvalue weighted by Crippen LogP contribution is -2.26. The molecule has 1 aliphatic rings. The van der Waals surface area contributed by atoms with Crippen LogP contribution in [0.15, 0.2) is 24.3 Å². The highest BCUT2D eigenvalue weighted by atomic mass is 19.1. The van der Waals surface area contributed by atoms with Gasteiger partial charge in [-0.2, -0.15) is 0 Å². The number of halogens is 1. The van der Waals surface area contributed by atoms with Crippen molar-refractivity contribution in [1.29, 1.82) is 0 Å². The first-order chi connectivity index (χ1) is 9.79. The van der Waals surface area contributed by atoms with Crippen LogP contribution >= 0.6 is 0 Å². The highest BCUT2D eigenvalue weighted by Crippen LogP contribution is 2.20. The van der Waals surface area contributed by atoms with Crippen molar-refractivity contribution in [3.05, 3.63) is 35.6 Å². The largest absolute Gasteiger partial charge is 0.376 e. The summed E-state index contributed by atoms with van der Waals surface area (Å²) in [6.45, 7) is 5.28. The second kappa shape index (κ2) is 8.35. The summed E-state index contributed by atoms with van der Waals surface area (Å²) in [5, 5.41) is 3.36. The van der Waals surface area contributed by atoms with Gasteiger partial charge in [-0.25, -0.2) is 4.39 Å². The van der Waals surface area contributed by atoms with Crippen molar-refractivity contribution in [2.45, 2.75) is 38.4 Å². The number of ether oxygens (including phenoxy) is 2. The van der Waals surface area contributed by atoms with Crippen molar-refractivity contribution in [2.75, 3.05) is 26.3 Å². The Hall–Kier alpha value is -0.970. The third-order valence-corrected chi connectivity index (χ3v) is 3.51. The van der Waals surface area contributed by atoms with Crippen molar-refractivity contribution in [2.24, 2.45) is 0 Å². The van der Waals surface area contributed by atoms with Crippen molar-refractivity contribution in [3.63, 3.8) is 0 Å². The van der Waals surface area contributed by atoms with Crippen molar-refractivity contribution in [3.8, 4) is 0 Å². The van der Waals surface area contributed by atoms with Crippen LogP contribution in [0.2, 0.25) is 0 Å². The van der Waals surface area contributed by atoms with Crippen LogP contribution in [0.3, 0.4) is 0 Å². The van der Waals surface area contributed by atoms with Gasteiger partial charge >= 0.3 is 0 Å². The van der Waals surface area contributed by atoms with E-state index in [9.17, 15) is 4.39 Å². The number of hydrogen-bond acceptors (Lipinski definition) is 3. The van der Waals surface area contributed by atoms with E-state index in [1.165, 1.54) is 12.1 Å². The molecule has 1 saturated heterocycles. The predicted molar refractivity (Wildman–Crippen MR) is 77.2 cm³/mol. The van der Waals surface area contributed by atoms with E-state index in [2.05, 4.69) is 12.2 Å². The average molecular weight is 281 g/mol. The minimum absolute atomic E-state index is 0.0497. The minimum atomic E-state index is -0.215. The van der Waals surface area contributed by atoms with Gasteiger partial charge in [0.25, 0.3) is 0 Å². The Morgan fingerprint density at radius 1 is 1.40 bits per heavy atom. The first kappa shape index (κ1) is 15.4. The van der Waals surface area contributed by atoms with Gasteiger partial charge in [-0.3, -0.25) is 0 Å². The fourth-order valence-electron chi connectivity index (χ4n) is 2.36. The third kappa shape index (κ3) is 4.85. The molecule has 20 heavy (non-hydrogen) atoms. The summed E-state index contributed by atoms with van der Waals surface area (Å²) in [6, 6.07) is 6.56. The van der Waals surface area contributed by atoms with Gasteiger partial charge in [0.2, 0.25) is 0 Å². The van der Waals surface area contributed by atoms with E-state index in [1.54, 1.807) is 12.1 Å². The van der Waals surface area contributed by atoms with E-state index >= 15 is 0 Å². The zero-order valence-corrected chi connectivity index (χ0v) is 12.1. The number of hydrogen-bond donors (Lipinski definition) is 1. The zero-order chi connectivity index (χ0) is 14.2. The molecule has 1 N–H and O–H groups in total. The van der Waals surface area contributed by atoms with Crippen LogP contribution in [0.1, 0.15) is 37.9 Å². The fraction of sp³-hybridized carbons (Fsp3) is 0.625. The summed E-state index contributed by atoms with van der Waals surface area (Å²) >= 11 is 0. The highest BCUT2D eigenvalue weighted by Gasteiger charge is 2.19. The first-order valence-electron chi connectivity index (χ1n) is 7.49. The van der Waals surface area contributed by atoms with Gasteiger partial charge in [-0.1, -0.05) is 19.1 Å². The second-order valence-electron chi connectivity index (χ2n) is 5.21. The van der Waals surface area contributed by atoms with Crippen LogP contribution in [-0.4, -0.2) is 32.4 Å². The molecule has 0 aromatic heterocycles. The van der Waals surface area contributed by atoms with E-state index in [4.69, 9.17) is 9.47 Å². The molecule has 1 aromatic rings. The van der Waals surface area contributed by atoms with E-state index < -0.39 is 0 Å². The lowest BCUT2D eigenvalue weighted by Gasteiger charge is -2.21. The van der Waals surface area contributed by atoms with Crippen LogP contribution in [0, 0.1) is 5.82 Å². The maximum absolute atomic E-state index is 13.0. The Bertz CT molecular complexity index is 377. The molecule has 0 radical (unpaired) electrons. The molecule has 0 saturated carbocycles. The molecule has 112 valence electrons. The Morgan fingerprint density at radius 3 is 2.85 bits per heavy atom. The standard InChI is InChI=1S/C16H24FNO2/c1-2-9-18-11-16(13-5-7-14(17)8-6-13)20-12-15-4-3-10-19-15/h5-8,15-16,18H,2-4,9-12H2,1H3. The van der Waals surface area contributed by atoms with Crippen molar-refractivity contribution < 1.29 is 13.9 Å². The van der Waals surface area contributed by atoms with Crippen LogP contribution in [-0.2, 0) is 9.47 Å². The van der Waals surface area contributed by atoms with E-state index in [0.717, 1.165) is 44.5 Å². The van der Waals surface area contributed by atoms with Gasteiger partial charge in [0, 0.05) is 13.2 Å². The van der Waals surface area contributed by atoms with Gasteiger partial charge in [0.05, 0.1) is 18.8 Å². The fourth-order valence-corrected chi connectivity index (χ4v) is 2.36. The van der Waals surface area contributed by atoms with E-state index in [-0.39, 0.29) is 18.0 Å². The molecule has 3 nitrogen and oxygen atoms in total. The smallest absolute Gasteiger partial charge is 0.123 e. The molecule has 1 aliphatic heterocycles. The Balaban J connectivity index is 1.90. The summed E-state index contributed by atoms with van der Waals surface area (Å²) in [4.78, 5) is 0. The highest BCUT2D eigenvalue weighted by molar-refractivity contribution is 5.19. The normalized spacial score (nSPS) is 20.2. The molecule has 1 aromatic carbocycles. The van der Waals surface area contributed by atoms with Crippen LogP contribution in [0.25, 0.3) is 0 Å². The molecule has 0 spiro atoms. The second-order valence-corrected chi connectivity index (χ2v) is 5.21. The minimum Gasteiger partial charge on any atom is -0.376 e. The summed E-state index contributed by atoms with van der Waals surface area (Å²) in [5.41, 5.74) is 1.01. The van der Waals surface area contributed by atoms with Crippen LogP contribution < -0.4 is 5.32 Å². The first-order valence-corrected chi connectivity index (χ1v) is 7.49. The lowest BCUT2D eigenvalue weighted by molar-refractivity contribution is -0.0209. The van der Waals surface area contributed by atoms with Crippen molar-refractivity contribution >= 4 is 0 Å². The molecule has 2 rings (SSSR count). The van der Waals surface area contributed by atoms with Gasteiger partial charge in [0.1, 0.15) is 5.82 Å². The average Bonchev–Trinajstić information content (AvgIpc) is 2.97. The molecular weight excluding hydrogens is 257 g/mol. The summed E-state index contributed by atoms with van der Waals surface area (Å²) < 4.78 is 24.6. The van der Waals surface area contributed by atoms with Gasteiger partial charge in [-0.15, -0.1) is 0 Å². The molecule has 0 aliphatic carbocycles. The summed E-state index contributed by atoms with van der Waals surface area (Å²) in [7, 11) is 0. The number of nitrogens with one attached hydrogen (secondary N) is 1. The monoisotopic (exact) mass is 281 g/mol. The number of rotatable bonds is 8. The predicted octanol–water partition coefficient (Wildman–Crippen LogP) is 3.06. The molecule has 1 heterocycles. The van der Waals surface area contributed by atoms with Gasteiger partial charge in [-0.05, 0) is 43.5 Å².